The number of nitro groups is 1. The van der Waals surface area contributed by atoms with E-state index in [1.165, 1.54) is 6.42 Å². The molecule has 19 heavy (non-hydrogen) atoms. The molecule has 1 aromatic carbocycles. The van der Waals surface area contributed by atoms with Crippen molar-refractivity contribution in [2.75, 3.05) is 11.4 Å². The highest BCUT2D eigenvalue weighted by Crippen LogP contribution is 2.34. The van der Waals surface area contributed by atoms with Gasteiger partial charge in [0.25, 0.3) is 5.69 Å². The van der Waals surface area contributed by atoms with Crippen molar-refractivity contribution < 1.29 is 4.92 Å². The molecule has 2 unspecified atom stereocenters. The van der Waals surface area contributed by atoms with Crippen LogP contribution in [0, 0.1) is 17.0 Å². The first-order valence-corrected chi connectivity index (χ1v) is 6.78. The number of hydrogen-bond donors (Lipinski definition) is 1. The highest BCUT2D eigenvalue weighted by Gasteiger charge is 2.29. The van der Waals surface area contributed by atoms with Crippen LogP contribution in [0.5, 0.6) is 0 Å². The Kier molecular flexibility index (Phi) is 4.04. The van der Waals surface area contributed by atoms with Crippen LogP contribution in [0.25, 0.3) is 0 Å². The fourth-order valence-corrected chi connectivity index (χ4v) is 3.04. The summed E-state index contributed by atoms with van der Waals surface area (Å²) in [5.74, 6) is 0. The summed E-state index contributed by atoms with van der Waals surface area (Å²) in [6.45, 7) is 4.58. The van der Waals surface area contributed by atoms with Crippen LogP contribution < -0.4 is 10.6 Å². The number of nitro benzene ring substituents is 1. The van der Waals surface area contributed by atoms with Crippen molar-refractivity contribution in [3.05, 3.63) is 33.9 Å². The molecule has 5 heteroatoms. The maximum absolute atomic E-state index is 11.1. The van der Waals surface area contributed by atoms with Gasteiger partial charge in [0.05, 0.1) is 10.5 Å². The summed E-state index contributed by atoms with van der Waals surface area (Å²) in [5.41, 5.74) is 7.74. The molecular formula is C14H21N3O2. The Morgan fingerprint density at radius 3 is 2.84 bits per heavy atom. The summed E-state index contributed by atoms with van der Waals surface area (Å²) in [5, 5.41) is 11.1. The van der Waals surface area contributed by atoms with Crippen LogP contribution in [0.1, 0.15) is 31.7 Å². The molecule has 2 rings (SSSR count). The third-order valence-corrected chi connectivity index (χ3v) is 4.05. The van der Waals surface area contributed by atoms with E-state index in [-0.39, 0.29) is 16.7 Å². The van der Waals surface area contributed by atoms with Crippen LogP contribution in [-0.4, -0.2) is 23.6 Å². The zero-order valence-electron chi connectivity index (χ0n) is 11.5. The number of piperidine rings is 1. The van der Waals surface area contributed by atoms with Gasteiger partial charge in [-0.3, -0.25) is 10.1 Å². The summed E-state index contributed by atoms with van der Waals surface area (Å²) < 4.78 is 0. The standard InChI is InChI=1S/C14H21N3O2/c1-10-5-3-6-12(9-15)16(10)13-7-4-8-14(11(13)2)17(18)19/h4,7-8,10,12H,3,5-6,9,15H2,1-2H3. The van der Waals surface area contributed by atoms with Crippen LogP contribution in [0.4, 0.5) is 11.4 Å². The van der Waals surface area contributed by atoms with Crippen molar-refractivity contribution >= 4 is 11.4 Å². The molecule has 0 aromatic heterocycles. The van der Waals surface area contributed by atoms with Crippen LogP contribution in [-0.2, 0) is 0 Å². The third kappa shape index (κ3) is 2.56. The van der Waals surface area contributed by atoms with Crippen molar-refractivity contribution in [1.82, 2.24) is 0 Å². The molecule has 1 fully saturated rings. The third-order valence-electron chi connectivity index (χ3n) is 4.05. The molecule has 104 valence electrons. The van der Waals surface area contributed by atoms with Crippen molar-refractivity contribution in [2.45, 2.75) is 45.2 Å². The Hall–Kier alpha value is -1.62. The number of anilines is 1. The molecule has 2 N–H and O–H groups in total. The van der Waals surface area contributed by atoms with Gasteiger partial charge < -0.3 is 10.6 Å². The maximum atomic E-state index is 11.1. The normalized spacial score (nSPS) is 23.4. The summed E-state index contributed by atoms with van der Waals surface area (Å²) in [6, 6.07) is 5.94. The van der Waals surface area contributed by atoms with Gasteiger partial charge in [-0.2, -0.15) is 0 Å². The zero-order valence-corrected chi connectivity index (χ0v) is 11.5. The van der Waals surface area contributed by atoms with Crippen molar-refractivity contribution in [3.8, 4) is 0 Å². The lowest BCUT2D eigenvalue weighted by Gasteiger charge is -2.42. The van der Waals surface area contributed by atoms with Gasteiger partial charge in [0.15, 0.2) is 0 Å². The molecule has 1 aliphatic heterocycles. The van der Waals surface area contributed by atoms with Gasteiger partial charge in [-0.25, -0.2) is 0 Å². The predicted molar refractivity (Wildman–Crippen MR) is 76.5 cm³/mol. The molecule has 1 saturated heterocycles. The van der Waals surface area contributed by atoms with Crippen molar-refractivity contribution in [1.29, 1.82) is 0 Å². The lowest BCUT2D eigenvalue weighted by Crippen LogP contribution is -2.49. The minimum Gasteiger partial charge on any atom is -0.364 e. The monoisotopic (exact) mass is 263 g/mol. The van der Waals surface area contributed by atoms with Crippen LogP contribution in [0.2, 0.25) is 0 Å². The molecule has 1 aromatic rings. The van der Waals surface area contributed by atoms with E-state index < -0.39 is 0 Å². The Morgan fingerprint density at radius 1 is 1.47 bits per heavy atom. The summed E-state index contributed by atoms with van der Waals surface area (Å²) in [4.78, 5) is 13.0. The second-order valence-electron chi connectivity index (χ2n) is 5.26. The van der Waals surface area contributed by atoms with Crippen LogP contribution in [0.15, 0.2) is 18.2 Å². The zero-order chi connectivity index (χ0) is 14.0. The van der Waals surface area contributed by atoms with E-state index in [9.17, 15) is 10.1 Å². The number of rotatable bonds is 3. The first kappa shape index (κ1) is 13.8. The van der Waals surface area contributed by atoms with E-state index in [0.717, 1.165) is 24.1 Å². The minimum absolute atomic E-state index is 0.186. The van der Waals surface area contributed by atoms with Gasteiger partial charge in [-0.05, 0) is 39.2 Å². The first-order chi connectivity index (χ1) is 9.06. The maximum Gasteiger partial charge on any atom is 0.274 e. The number of nitrogens with two attached hydrogens (primary N) is 1. The minimum atomic E-state index is -0.315. The molecule has 5 nitrogen and oxygen atoms in total. The number of hydrogen-bond acceptors (Lipinski definition) is 4. The van der Waals surface area contributed by atoms with Crippen molar-refractivity contribution in [3.63, 3.8) is 0 Å². The molecular weight excluding hydrogens is 242 g/mol. The molecule has 1 heterocycles. The second kappa shape index (κ2) is 5.57. The van der Waals surface area contributed by atoms with Gasteiger partial charge in [0, 0.05) is 30.4 Å². The highest BCUT2D eigenvalue weighted by molar-refractivity contribution is 5.62. The molecule has 0 spiro atoms. The van der Waals surface area contributed by atoms with Gasteiger partial charge in [0.2, 0.25) is 0 Å². The predicted octanol–water partition coefficient (Wildman–Crippen LogP) is 2.61. The Balaban J connectivity index is 2.44. The molecule has 0 amide bonds. The smallest absolute Gasteiger partial charge is 0.274 e. The Bertz CT molecular complexity index is 476. The van der Waals surface area contributed by atoms with Gasteiger partial charge in [0.1, 0.15) is 0 Å². The van der Waals surface area contributed by atoms with Gasteiger partial charge in [-0.1, -0.05) is 6.07 Å². The highest BCUT2D eigenvalue weighted by atomic mass is 16.6. The van der Waals surface area contributed by atoms with Gasteiger partial charge >= 0.3 is 0 Å². The Morgan fingerprint density at radius 2 is 2.21 bits per heavy atom. The SMILES string of the molecule is Cc1c(N2C(C)CCCC2CN)cccc1[N+](=O)[O-]. The molecule has 0 radical (unpaired) electrons. The van der Waals surface area contributed by atoms with Gasteiger partial charge in [-0.15, -0.1) is 0 Å². The summed E-state index contributed by atoms with van der Waals surface area (Å²) in [6.07, 6.45) is 3.34. The average molecular weight is 263 g/mol. The van der Waals surface area contributed by atoms with E-state index in [1.54, 1.807) is 12.1 Å². The Labute approximate surface area is 113 Å². The fraction of sp³-hybridized carbons (Fsp3) is 0.571. The topological polar surface area (TPSA) is 72.4 Å². The van der Waals surface area contributed by atoms with E-state index >= 15 is 0 Å². The number of benzene rings is 1. The largest absolute Gasteiger partial charge is 0.364 e. The van der Waals surface area contributed by atoms with Crippen LogP contribution >= 0.6 is 0 Å². The number of nitrogens with zero attached hydrogens (tertiary/aromatic N) is 2. The van der Waals surface area contributed by atoms with E-state index in [0.29, 0.717) is 12.6 Å². The average Bonchev–Trinajstić information content (AvgIpc) is 2.39. The fourth-order valence-electron chi connectivity index (χ4n) is 3.04. The molecule has 0 aliphatic carbocycles. The van der Waals surface area contributed by atoms with Crippen LogP contribution in [0.3, 0.4) is 0 Å². The molecule has 0 bridgehead atoms. The van der Waals surface area contributed by atoms with E-state index in [4.69, 9.17) is 5.73 Å². The quantitative estimate of drug-likeness (QED) is 0.672. The first-order valence-electron chi connectivity index (χ1n) is 6.78. The summed E-state index contributed by atoms with van der Waals surface area (Å²) in [7, 11) is 0. The van der Waals surface area contributed by atoms with E-state index in [1.807, 2.05) is 13.0 Å². The second-order valence-corrected chi connectivity index (χ2v) is 5.26. The lowest BCUT2D eigenvalue weighted by molar-refractivity contribution is -0.385. The summed E-state index contributed by atoms with van der Waals surface area (Å²) >= 11 is 0. The molecule has 2 atom stereocenters. The molecule has 1 aliphatic rings. The lowest BCUT2D eigenvalue weighted by atomic mass is 9.94. The molecule has 0 saturated carbocycles. The van der Waals surface area contributed by atoms with E-state index in [2.05, 4.69) is 11.8 Å². The van der Waals surface area contributed by atoms with Crippen molar-refractivity contribution in [2.24, 2.45) is 5.73 Å².